The van der Waals surface area contributed by atoms with Crippen LogP contribution in [0.4, 0.5) is 5.82 Å². The number of amides is 1. The van der Waals surface area contributed by atoms with Gasteiger partial charge in [-0.3, -0.25) is 4.79 Å². The normalized spacial score (nSPS) is 14.0. The van der Waals surface area contributed by atoms with Gasteiger partial charge in [0.2, 0.25) is 5.91 Å². The highest BCUT2D eigenvalue weighted by Crippen LogP contribution is 2.10. The zero-order valence-corrected chi connectivity index (χ0v) is 17.6. The summed E-state index contributed by atoms with van der Waals surface area (Å²) in [4.78, 5) is 24.8. The van der Waals surface area contributed by atoms with Crippen LogP contribution in [0.25, 0.3) is 0 Å². The lowest BCUT2D eigenvalue weighted by Gasteiger charge is -2.17. The highest BCUT2D eigenvalue weighted by molar-refractivity contribution is 14.0. The van der Waals surface area contributed by atoms with Crippen molar-refractivity contribution in [1.82, 2.24) is 20.5 Å². The number of guanidine groups is 1. The quantitative estimate of drug-likeness (QED) is 0.382. The van der Waals surface area contributed by atoms with Crippen molar-refractivity contribution in [3.05, 3.63) is 23.9 Å². The van der Waals surface area contributed by atoms with Gasteiger partial charge in [-0.1, -0.05) is 0 Å². The summed E-state index contributed by atoms with van der Waals surface area (Å²) in [5.41, 5.74) is 1.08. The van der Waals surface area contributed by atoms with E-state index in [4.69, 9.17) is 0 Å². The molecule has 0 saturated carbocycles. The van der Waals surface area contributed by atoms with E-state index in [2.05, 4.69) is 20.6 Å². The molecular formula is C17H29IN6O. The van der Waals surface area contributed by atoms with Crippen LogP contribution in [0.5, 0.6) is 0 Å². The van der Waals surface area contributed by atoms with Crippen molar-refractivity contribution in [2.45, 2.75) is 26.3 Å². The van der Waals surface area contributed by atoms with Crippen molar-refractivity contribution in [2.75, 3.05) is 45.2 Å². The lowest BCUT2D eigenvalue weighted by Crippen LogP contribution is -2.44. The van der Waals surface area contributed by atoms with Crippen LogP contribution in [0.1, 0.15) is 25.3 Å². The van der Waals surface area contributed by atoms with Crippen molar-refractivity contribution >= 4 is 41.7 Å². The van der Waals surface area contributed by atoms with Crippen LogP contribution < -0.4 is 15.5 Å². The second-order valence-corrected chi connectivity index (χ2v) is 6.05. The lowest BCUT2D eigenvalue weighted by molar-refractivity contribution is -0.128. The average Bonchev–Trinajstić information content (AvgIpc) is 3.12. The summed E-state index contributed by atoms with van der Waals surface area (Å²) >= 11 is 0. The summed E-state index contributed by atoms with van der Waals surface area (Å²) in [7, 11) is 3.93. The van der Waals surface area contributed by atoms with E-state index in [1.807, 2.05) is 43.0 Å². The number of hydrogen-bond donors (Lipinski definition) is 2. The molecule has 0 radical (unpaired) electrons. The van der Waals surface area contributed by atoms with Crippen LogP contribution in [0.15, 0.2) is 23.3 Å². The molecule has 1 aromatic heterocycles. The Morgan fingerprint density at radius 2 is 2.04 bits per heavy atom. The zero-order valence-electron chi connectivity index (χ0n) is 15.3. The number of anilines is 1. The minimum absolute atomic E-state index is 0. The Bertz CT molecular complexity index is 572. The maximum Gasteiger partial charge on any atom is 0.241 e. The molecule has 1 aromatic rings. The molecule has 25 heavy (non-hydrogen) atoms. The number of carbonyl (C=O) groups excluding carboxylic acids is 1. The van der Waals surface area contributed by atoms with Gasteiger partial charge in [-0.2, -0.15) is 0 Å². The fourth-order valence-corrected chi connectivity index (χ4v) is 2.55. The van der Waals surface area contributed by atoms with E-state index in [1.165, 1.54) is 0 Å². The Labute approximate surface area is 167 Å². The third kappa shape index (κ3) is 7.05. The van der Waals surface area contributed by atoms with Crippen LogP contribution in [0.3, 0.4) is 0 Å². The number of carbonyl (C=O) groups is 1. The van der Waals surface area contributed by atoms with E-state index < -0.39 is 0 Å². The number of pyridine rings is 1. The molecule has 8 heteroatoms. The van der Waals surface area contributed by atoms with Gasteiger partial charge in [-0.05, 0) is 37.5 Å². The predicted molar refractivity (Wildman–Crippen MR) is 113 cm³/mol. The third-order valence-corrected chi connectivity index (χ3v) is 3.90. The van der Waals surface area contributed by atoms with Crippen LogP contribution in [0, 0.1) is 0 Å². The van der Waals surface area contributed by atoms with Gasteiger partial charge in [-0.15, -0.1) is 24.0 Å². The Balaban J connectivity index is 0.00000312. The van der Waals surface area contributed by atoms with Crippen LogP contribution >= 0.6 is 24.0 Å². The summed E-state index contributed by atoms with van der Waals surface area (Å²) < 4.78 is 0. The first-order chi connectivity index (χ1) is 11.6. The maximum absolute atomic E-state index is 12.1. The smallest absolute Gasteiger partial charge is 0.241 e. The summed E-state index contributed by atoms with van der Waals surface area (Å²) in [6.45, 7) is 5.33. The van der Waals surface area contributed by atoms with E-state index in [0.717, 1.165) is 43.9 Å². The maximum atomic E-state index is 12.1. The highest BCUT2D eigenvalue weighted by Gasteiger charge is 2.17. The highest BCUT2D eigenvalue weighted by atomic mass is 127. The fraction of sp³-hybridized carbons (Fsp3) is 0.588. The van der Waals surface area contributed by atoms with Gasteiger partial charge in [0, 0.05) is 39.9 Å². The Hall–Kier alpha value is -1.58. The second kappa shape index (κ2) is 11.1. The molecule has 0 aliphatic carbocycles. The molecule has 1 fully saturated rings. The summed E-state index contributed by atoms with van der Waals surface area (Å²) in [6.07, 6.45) is 4.00. The van der Waals surface area contributed by atoms with Crippen molar-refractivity contribution in [1.29, 1.82) is 0 Å². The van der Waals surface area contributed by atoms with E-state index in [9.17, 15) is 4.79 Å². The van der Waals surface area contributed by atoms with Gasteiger partial charge >= 0.3 is 0 Å². The van der Waals surface area contributed by atoms with Gasteiger partial charge in [0.25, 0.3) is 0 Å². The topological polar surface area (TPSA) is 72.9 Å². The van der Waals surface area contributed by atoms with Crippen molar-refractivity contribution in [3.63, 3.8) is 0 Å². The molecule has 1 aliphatic heterocycles. The first-order valence-corrected chi connectivity index (χ1v) is 8.52. The molecule has 0 atom stereocenters. The third-order valence-electron chi connectivity index (χ3n) is 3.90. The number of nitrogens with zero attached hydrogens (tertiary/aromatic N) is 4. The number of halogens is 1. The first kappa shape index (κ1) is 21.5. The van der Waals surface area contributed by atoms with E-state index in [0.29, 0.717) is 12.5 Å². The number of hydrogen-bond acceptors (Lipinski definition) is 4. The minimum Gasteiger partial charge on any atom is -0.363 e. The summed E-state index contributed by atoms with van der Waals surface area (Å²) in [5, 5.41) is 6.30. The average molecular weight is 460 g/mol. The largest absolute Gasteiger partial charge is 0.363 e. The van der Waals surface area contributed by atoms with Crippen LogP contribution in [-0.2, 0) is 11.3 Å². The number of rotatable bonds is 6. The van der Waals surface area contributed by atoms with E-state index in [1.54, 1.807) is 6.20 Å². The van der Waals surface area contributed by atoms with Gasteiger partial charge < -0.3 is 20.4 Å². The molecule has 0 unspecified atom stereocenters. The molecule has 140 valence electrons. The van der Waals surface area contributed by atoms with E-state index in [-0.39, 0.29) is 36.4 Å². The minimum atomic E-state index is 0. The monoisotopic (exact) mass is 460 g/mol. The molecule has 2 N–H and O–H groups in total. The standard InChI is InChI=1S/C17H28N6O.HI/c1-4-18-17(21-13-16(24)23-9-5-6-10-23)20-12-14-7-8-19-15(11-14)22(2)3;/h7-8,11H,4-6,9-10,12-13H2,1-3H3,(H2,18,20,21);1H. The number of aliphatic imine (C=N–C) groups is 1. The number of aromatic nitrogens is 1. The first-order valence-electron chi connectivity index (χ1n) is 8.52. The Morgan fingerprint density at radius 1 is 1.32 bits per heavy atom. The number of nitrogens with one attached hydrogen (secondary N) is 2. The van der Waals surface area contributed by atoms with Gasteiger partial charge in [0.05, 0.1) is 13.1 Å². The molecule has 0 aromatic carbocycles. The van der Waals surface area contributed by atoms with Crippen LogP contribution in [-0.4, -0.2) is 62.0 Å². The van der Waals surface area contributed by atoms with Crippen molar-refractivity contribution in [2.24, 2.45) is 4.99 Å². The lowest BCUT2D eigenvalue weighted by atomic mass is 10.2. The van der Waals surface area contributed by atoms with Gasteiger partial charge in [0.1, 0.15) is 5.82 Å². The van der Waals surface area contributed by atoms with E-state index >= 15 is 0 Å². The molecule has 1 amide bonds. The summed E-state index contributed by atoms with van der Waals surface area (Å²) in [6, 6.07) is 3.97. The van der Waals surface area contributed by atoms with Gasteiger partial charge in [-0.25, -0.2) is 9.98 Å². The summed E-state index contributed by atoms with van der Waals surface area (Å²) in [5.74, 6) is 1.70. The Morgan fingerprint density at radius 3 is 2.68 bits per heavy atom. The SMILES string of the molecule is CCNC(=NCc1ccnc(N(C)C)c1)NCC(=O)N1CCCC1.I. The molecule has 7 nitrogen and oxygen atoms in total. The molecule has 0 bridgehead atoms. The molecule has 2 heterocycles. The van der Waals surface area contributed by atoms with Gasteiger partial charge in [0.15, 0.2) is 5.96 Å². The molecule has 1 saturated heterocycles. The molecule has 2 rings (SSSR count). The molecule has 0 spiro atoms. The predicted octanol–water partition coefficient (Wildman–Crippen LogP) is 1.44. The van der Waals surface area contributed by atoms with Crippen LogP contribution in [0.2, 0.25) is 0 Å². The van der Waals surface area contributed by atoms with Crippen molar-refractivity contribution < 1.29 is 4.79 Å². The number of likely N-dealkylation sites (tertiary alicyclic amines) is 1. The second-order valence-electron chi connectivity index (χ2n) is 6.05. The molecular weight excluding hydrogens is 431 g/mol. The Kier molecular flexibility index (Phi) is 9.54. The fourth-order valence-electron chi connectivity index (χ4n) is 2.55. The molecule has 1 aliphatic rings. The van der Waals surface area contributed by atoms with Crippen molar-refractivity contribution in [3.8, 4) is 0 Å². The zero-order chi connectivity index (χ0) is 17.4.